The van der Waals surface area contributed by atoms with Crippen LogP contribution in [0.25, 0.3) is 0 Å². The molecule has 0 fully saturated rings. The number of amides is 2. The number of nitrogen functional groups attached to an aromatic ring is 1. The van der Waals surface area contributed by atoms with E-state index in [9.17, 15) is 9.59 Å². The van der Waals surface area contributed by atoms with Gasteiger partial charge in [0.05, 0.1) is 11.1 Å². The van der Waals surface area contributed by atoms with Crippen molar-refractivity contribution in [1.82, 2.24) is 15.2 Å². The second kappa shape index (κ2) is 5.77. The molecule has 0 spiro atoms. The van der Waals surface area contributed by atoms with Gasteiger partial charge in [0.15, 0.2) is 0 Å². The summed E-state index contributed by atoms with van der Waals surface area (Å²) in [5, 5.41) is 5.35. The minimum Gasteiger partial charge on any atom is -0.397 e. The van der Waals surface area contributed by atoms with E-state index in [0.29, 0.717) is 17.9 Å². The first-order chi connectivity index (χ1) is 8.81. The summed E-state index contributed by atoms with van der Waals surface area (Å²) in [6, 6.07) is 1.63. The Hall–Kier alpha value is -1.98. The Kier molecular flexibility index (Phi) is 4.58. The molecule has 0 aliphatic rings. The van der Waals surface area contributed by atoms with E-state index in [4.69, 9.17) is 5.73 Å². The zero-order chi connectivity index (χ0) is 14.6. The highest BCUT2D eigenvalue weighted by atomic mass is 16.2. The lowest BCUT2D eigenvalue weighted by atomic mass is 9.92. The van der Waals surface area contributed by atoms with Gasteiger partial charge < -0.3 is 20.9 Å². The van der Waals surface area contributed by atoms with Crippen LogP contribution in [0.4, 0.5) is 5.69 Å². The average Bonchev–Trinajstić information content (AvgIpc) is 2.76. The van der Waals surface area contributed by atoms with Gasteiger partial charge in [-0.25, -0.2) is 0 Å². The topological polar surface area (TPSA) is 89.2 Å². The third kappa shape index (κ3) is 3.49. The Bertz CT molecular complexity index is 477. The van der Waals surface area contributed by atoms with Crippen LogP contribution in [0, 0.1) is 5.41 Å². The second-order valence-corrected chi connectivity index (χ2v) is 5.09. The number of carbonyl (C=O) groups excluding carboxylic acids is 2. The molecule has 0 aromatic carbocycles. The minimum absolute atomic E-state index is 0.113. The van der Waals surface area contributed by atoms with Crippen LogP contribution >= 0.6 is 0 Å². The van der Waals surface area contributed by atoms with Gasteiger partial charge in [0.1, 0.15) is 5.69 Å². The Morgan fingerprint density at radius 1 is 1.42 bits per heavy atom. The normalized spacial score (nSPS) is 11.2. The van der Waals surface area contributed by atoms with Gasteiger partial charge >= 0.3 is 0 Å². The van der Waals surface area contributed by atoms with Crippen molar-refractivity contribution in [3.05, 3.63) is 18.0 Å². The number of carbonyl (C=O) groups is 2. The lowest BCUT2D eigenvalue weighted by Gasteiger charge is -2.22. The second-order valence-electron chi connectivity index (χ2n) is 5.09. The molecule has 6 heteroatoms. The fraction of sp³-hybridized carbons (Fsp3) is 0.538. The smallest absolute Gasteiger partial charge is 0.268 e. The summed E-state index contributed by atoms with van der Waals surface area (Å²) in [7, 11) is 1.58. The van der Waals surface area contributed by atoms with Crippen molar-refractivity contribution in [3.63, 3.8) is 0 Å². The maximum absolute atomic E-state index is 12.1. The molecule has 0 unspecified atom stereocenters. The highest BCUT2D eigenvalue weighted by Crippen LogP contribution is 2.15. The van der Waals surface area contributed by atoms with Gasteiger partial charge in [-0.3, -0.25) is 9.59 Å². The molecule has 0 aliphatic carbocycles. The number of hydrogen-bond acceptors (Lipinski definition) is 3. The quantitative estimate of drug-likeness (QED) is 0.728. The Morgan fingerprint density at radius 3 is 2.58 bits per heavy atom. The van der Waals surface area contributed by atoms with Crippen LogP contribution in [-0.4, -0.2) is 30.0 Å². The molecule has 1 aromatic rings. The monoisotopic (exact) mass is 266 g/mol. The summed E-state index contributed by atoms with van der Waals surface area (Å²) in [4.78, 5) is 23.7. The van der Waals surface area contributed by atoms with E-state index in [-0.39, 0.29) is 18.4 Å². The molecular formula is C13H22N4O2. The molecule has 2 amide bonds. The lowest BCUT2D eigenvalue weighted by molar-refractivity contribution is -0.128. The largest absolute Gasteiger partial charge is 0.397 e. The SMILES string of the molecule is CCn1cc(N)cc1C(=O)NCC(C)(C)C(=O)NC. The Balaban J connectivity index is 2.73. The molecule has 0 saturated carbocycles. The van der Waals surface area contributed by atoms with Gasteiger partial charge in [-0.1, -0.05) is 0 Å². The molecule has 0 radical (unpaired) electrons. The molecule has 106 valence electrons. The summed E-state index contributed by atoms with van der Waals surface area (Å²) < 4.78 is 1.78. The van der Waals surface area contributed by atoms with Gasteiger partial charge in [0.25, 0.3) is 5.91 Å². The van der Waals surface area contributed by atoms with Crippen molar-refractivity contribution < 1.29 is 9.59 Å². The first kappa shape index (κ1) is 15.1. The van der Waals surface area contributed by atoms with E-state index < -0.39 is 5.41 Å². The predicted molar refractivity (Wildman–Crippen MR) is 74.7 cm³/mol. The molecule has 4 N–H and O–H groups in total. The highest BCUT2D eigenvalue weighted by Gasteiger charge is 2.27. The Labute approximate surface area is 113 Å². The fourth-order valence-electron chi connectivity index (χ4n) is 1.80. The molecule has 0 aliphatic heterocycles. The minimum atomic E-state index is -0.653. The van der Waals surface area contributed by atoms with Crippen LogP contribution in [0.15, 0.2) is 12.3 Å². The van der Waals surface area contributed by atoms with Gasteiger partial charge in [-0.05, 0) is 26.8 Å². The van der Waals surface area contributed by atoms with E-state index in [0.717, 1.165) is 0 Å². The fourth-order valence-corrected chi connectivity index (χ4v) is 1.80. The zero-order valence-electron chi connectivity index (χ0n) is 11.9. The van der Waals surface area contributed by atoms with E-state index in [1.165, 1.54) is 0 Å². The number of nitrogens with zero attached hydrogens (tertiary/aromatic N) is 1. The van der Waals surface area contributed by atoms with Gasteiger partial charge in [0.2, 0.25) is 5.91 Å². The maximum atomic E-state index is 12.1. The van der Waals surface area contributed by atoms with Crippen LogP contribution in [0.5, 0.6) is 0 Å². The number of hydrogen-bond donors (Lipinski definition) is 3. The van der Waals surface area contributed by atoms with E-state index in [2.05, 4.69) is 10.6 Å². The van der Waals surface area contributed by atoms with Crippen molar-refractivity contribution in [2.24, 2.45) is 5.41 Å². The number of nitrogens with one attached hydrogen (secondary N) is 2. The average molecular weight is 266 g/mol. The molecule has 1 aromatic heterocycles. The molecule has 0 saturated heterocycles. The number of aryl methyl sites for hydroxylation is 1. The first-order valence-corrected chi connectivity index (χ1v) is 6.28. The van der Waals surface area contributed by atoms with Gasteiger partial charge in [0, 0.05) is 26.3 Å². The third-order valence-corrected chi connectivity index (χ3v) is 3.02. The lowest BCUT2D eigenvalue weighted by Crippen LogP contribution is -2.44. The Morgan fingerprint density at radius 2 is 2.05 bits per heavy atom. The van der Waals surface area contributed by atoms with E-state index in [1.54, 1.807) is 37.7 Å². The van der Waals surface area contributed by atoms with Gasteiger partial charge in [-0.2, -0.15) is 0 Å². The third-order valence-electron chi connectivity index (χ3n) is 3.02. The molecular weight excluding hydrogens is 244 g/mol. The highest BCUT2D eigenvalue weighted by molar-refractivity contribution is 5.94. The number of aromatic nitrogens is 1. The molecule has 0 bridgehead atoms. The van der Waals surface area contributed by atoms with Crippen LogP contribution in [0.2, 0.25) is 0 Å². The van der Waals surface area contributed by atoms with Crippen LogP contribution < -0.4 is 16.4 Å². The summed E-state index contributed by atoms with van der Waals surface area (Å²) >= 11 is 0. The number of rotatable bonds is 5. The first-order valence-electron chi connectivity index (χ1n) is 6.28. The zero-order valence-corrected chi connectivity index (χ0v) is 11.9. The van der Waals surface area contributed by atoms with Crippen molar-refractivity contribution in [2.45, 2.75) is 27.3 Å². The number of nitrogens with two attached hydrogens (primary N) is 1. The van der Waals surface area contributed by atoms with Crippen molar-refractivity contribution in [1.29, 1.82) is 0 Å². The van der Waals surface area contributed by atoms with Crippen molar-refractivity contribution >= 4 is 17.5 Å². The number of anilines is 1. The molecule has 1 rings (SSSR count). The van der Waals surface area contributed by atoms with Crippen molar-refractivity contribution in [3.8, 4) is 0 Å². The van der Waals surface area contributed by atoms with Crippen LogP contribution in [0.1, 0.15) is 31.3 Å². The van der Waals surface area contributed by atoms with Gasteiger partial charge in [-0.15, -0.1) is 0 Å². The molecule has 19 heavy (non-hydrogen) atoms. The summed E-state index contributed by atoms with van der Waals surface area (Å²) in [6.45, 7) is 6.42. The van der Waals surface area contributed by atoms with Crippen LogP contribution in [-0.2, 0) is 11.3 Å². The summed E-state index contributed by atoms with van der Waals surface area (Å²) in [5.74, 6) is -0.339. The predicted octanol–water partition coefficient (Wildman–Crippen LogP) is 0.592. The molecule has 6 nitrogen and oxygen atoms in total. The molecule has 0 atom stereocenters. The van der Waals surface area contributed by atoms with Crippen LogP contribution in [0.3, 0.4) is 0 Å². The summed E-state index contributed by atoms with van der Waals surface area (Å²) in [6.07, 6.45) is 1.72. The molecule has 1 heterocycles. The van der Waals surface area contributed by atoms with E-state index >= 15 is 0 Å². The standard InChI is InChI=1S/C13H22N4O2/c1-5-17-7-9(14)6-10(17)11(18)16-8-13(2,3)12(19)15-4/h6-7H,5,8,14H2,1-4H3,(H,15,19)(H,16,18). The van der Waals surface area contributed by atoms with E-state index in [1.807, 2.05) is 6.92 Å². The maximum Gasteiger partial charge on any atom is 0.268 e. The summed E-state index contributed by atoms with van der Waals surface area (Å²) in [5.41, 5.74) is 6.09. The van der Waals surface area contributed by atoms with Crippen molar-refractivity contribution in [2.75, 3.05) is 19.3 Å².